The summed E-state index contributed by atoms with van der Waals surface area (Å²) in [4.78, 5) is 0. The van der Waals surface area contributed by atoms with Gasteiger partial charge in [-0.25, -0.2) is 0 Å². The van der Waals surface area contributed by atoms with Crippen LogP contribution in [0.15, 0.2) is 170 Å². The van der Waals surface area contributed by atoms with Gasteiger partial charge in [-0.15, -0.1) is 11.3 Å². The summed E-state index contributed by atoms with van der Waals surface area (Å²) in [7, 11) is 0. The maximum Gasteiger partial charge on any atom is 0.0434 e. The van der Waals surface area contributed by atoms with E-state index in [9.17, 15) is 0 Å². The molecule has 0 N–H and O–H groups in total. The average molecular weight is 679 g/mol. The Morgan fingerprint density at radius 2 is 0.865 bits per heavy atom. The zero-order valence-electron chi connectivity index (χ0n) is 29.1. The summed E-state index contributed by atoms with van der Waals surface area (Å²) in [5.41, 5.74) is 13.2. The second-order valence-electron chi connectivity index (χ2n) is 14.8. The second-order valence-corrected chi connectivity index (χ2v) is 15.8. The third-order valence-electron chi connectivity index (χ3n) is 11.6. The molecule has 1 heterocycles. The Labute approximate surface area is 307 Å². The first-order valence-corrected chi connectivity index (χ1v) is 19.0. The standard InChI is InChI=1S/C51H34S/c1-51(2)48-35(20-11-21-41(48)42-30-29-31-13-3-4-14-34(31)49(42)51)32-25-27-33(28-26-32)46-37-16-5-7-18-39(37)47(40-19-8-6-17-38(40)46)44-23-12-22-43-36-15-9-10-24-45(36)52-50(43)44/h3-30H,1-2H3. The van der Waals surface area contributed by atoms with Crippen molar-refractivity contribution in [1.29, 1.82) is 0 Å². The first-order chi connectivity index (χ1) is 25.6. The van der Waals surface area contributed by atoms with Crippen molar-refractivity contribution in [2.75, 3.05) is 0 Å². The van der Waals surface area contributed by atoms with E-state index in [1.165, 1.54) is 108 Å². The van der Waals surface area contributed by atoms with Gasteiger partial charge in [0.25, 0.3) is 0 Å². The lowest BCUT2D eigenvalue weighted by molar-refractivity contribution is 0.668. The van der Waals surface area contributed by atoms with Crippen LogP contribution in [0.4, 0.5) is 0 Å². The van der Waals surface area contributed by atoms with E-state index in [0.717, 1.165) is 0 Å². The monoisotopic (exact) mass is 678 g/mol. The van der Waals surface area contributed by atoms with Crippen molar-refractivity contribution in [3.05, 3.63) is 181 Å². The minimum atomic E-state index is -0.125. The number of rotatable bonds is 3. The molecule has 0 fully saturated rings. The number of hydrogen-bond acceptors (Lipinski definition) is 1. The fraction of sp³-hybridized carbons (Fsp3) is 0.0588. The minimum Gasteiger partial charge on any atom is -0.135 e. The fourth-order valence-electron chi connectivity index (χ4n) is 9.48. The van der Waals surface area contributed by atoms with Crippen LogP contribution in [0.25, 0.3) is 97.0 Å². The Morgan fingerprint density at radius 1 is 0.346 bits per heavy atom. The van der Waals surface area contributed by atoms with Gasteiger partial charge in [0, 0.05) is 31.2 Å². The van der Waals surface area contributed by atoms with Gasteiger partial charge in [0.15, 0.2) is 0 Å². The molecule has 0 aliphatic heterocycles. The van der Waals surface area contributed by atoms with Gasteiger partial charge >= 0.3 is 0 Å². The van der Waals surface area contributed by atoms with Crippen LogP contribution in [-0.2, 0) is 5.41 Å². The molecule has 244 valence electrons. The molecule has 52 heavy (non-hydrogen) atoms. The Balaban J connectivity index is 1.10. The maximum absolute atomic E-state index is 2.40. The smallest absolute Gasteiger partial charge is 0.0434 e. The first-order valence-electron chi connectivity index (χ1n) is 18.2. The Kier molecular flexibility index (Phi) is 6.27. The molecule has 0 saturated carbocycles. The molecule has 1 aromatic heterocycles. The topological polar surface area (TPSA) is 0 Å². The van der Waals surface area contributed by atoms with E-state index in [2.05, 4.69) is 184 Å². The van der Waals surface area contributed by atoms with Gasteiger partial charge in [0.2, 0.25) is 0 Å². The molecule has 1 aliphatic rings. The quantitative estimate of drug-likeness (QED) is 0.163. The van der Waals surface area contributed by atoms with Crippen LogP contribution < -0.4 is 0 Å². The Morgan fingerprint density at radius 3 is 1.60 bits per heavy atom. The SMILES string of the molecule is CC1(C)c2c(-c3ccc(-c4c5ccccc5c(-c5cccc6c5sc5ccccc56)c5ccccc45)cc3)cccc2-c2ccc3ccccc3c21. The van der Waals surface area contributed by atoms with Gasteiger partial charge in [-0.2, -0.15) is 0 Å². The molecule has 0 spiro atoms. The van der Waals surface area contributed by atoms with Gasteiger partial charge in [-0.1, -0.05) is 178 Å². The highest BCUT2D eigenvalue weighted by molar-refractivity contribution is 7.26. The highest BCUT2D eigenvalue weighted by Crippen LogP contribution is 2.54. The molecule has 0 radical (unpaired) electrons. The molecule has 1 heteroatoms. The number of hydrogen-bond donors (Lipinski definition) is 0. The third-order valence-corrected chi connectivity index (χ3v) is 12.8. The van der Waals surface area contributed by atoms with Crippen LogP contribution in [0, 0.1) is 0 Å². The van der Waals surface area contributed by atoms with E-state index in [1.807, 2.05) is 11.3 Å². The van der Waals surface area contributed by atoms with Crippen molar-refractivity contribution >= 4 is 63.8 Å². The molecule has 9 aromatic carbocycles. The van der Waals surface area contributed by atoms with Crippen LogP contribution in [0.1, 0.15) is 25.0 Å². The van der Waals surface area contributed by atoms with Gasteiger partial charge < -0.3 is 0 Å². The highest BCUT2D eigenvalue weighted by Gasteiger charge is 2.38. The number of fused-ring (bicyclic) bond motifs is 10. The highest BCUT2D eigenvalue weighted by atomic mass is 32.1. The van der Waals surface area contributed by atoms with Crippen molar-refractivity contribution in [3.8, 4) is 44.5 Å². The maximum atomic E-state index is 2.40. The Hall–Kier alpha value is -6.02. The summed E-state index contributed by atoms with van der Waals surface area (Å²) in [6.07, 6.45) is 0. The number of thiophene rings is 1. The van der Waals surface area contributed by atoms with Crippen LogP contribution >= 0.6 is 11.3 Å². The van der Waals surface area contributed by atoms with Crippen LogP contribution in [0.2, 0.25) is 0 Å². The van der Waals surface area contributed by atoms with Crippen molar-refractivity contribution in [2.45, 2.75) is 19.3 Å². The zero-order chi connectivity index (χ0) is 34.6. The molecule has 0 unspecified atom stereocenters. The second kappa shape index (κ2) is 11.0. The van der Waals surface area contributed by atoms with E-state index < -0.39 is 0 Å². The summed E-state index contributed by atoms with van der Waals surface area (Å²) in [6, 6.07) is 63.4. The Bertz CT molecular complexity index is 3030. The van der Waals surface area contributed by atoms with E-state index in [-0.39, 0.29) is 5.41 Å². The summed E-state index contributed by atoms with van der Waals surface area (Å²) in [5, 5.41) is 10.5. The van der Waals surface area contributed by atoms with Gasteiger partial charge in [-0.05, 0) is 88.5 Å². The fourth-order valence-corrected chi connectivity index (χ4v) is 10.7. The lowest BCUT2D eigenvalue weighted by Crippen LogP contribution is -2.16. The summed E-state index contributed by atoms with van der Waals surface area (Å²) >= 11 is 1.90. The normalized spacial score (nSPS) is 13.3. The predicted molar refractivity (Wildman–Crippen MR) is 226 cm³/mol. The van der Waals surface area contributed by atoms with Crippen molar-refractivity contribution < 1.29 is 0 Å². The molecule has 1 aliphatic carbocycles. The molecule has 0 nitrogen and oxygen atoms in total. The molecule has 10 aromatic rings. The summed E-state index contributed by atoms with van der Waals surface area (Å²) in [5.74, 6) is 0. The van der Waals surface area contributed by atoms with Crippen molar-refractivity contribution in [2.24, 2.45) is 0 Å². The molecule has 0 amide bonds. The van der Waals surface area contributed by atoms with Crippen molar-refractivity contribution in [3.63, 3.8) is 0 Å². The summed E-state index contributed by atoms with van der Waals surface area (Å²) < 4.78 is 2.68. The molecule has 0 bridgehead atoms. The minimum absolute atomic E-state index is 0.125. The molecule has 0 saturated heterocycles. The molecular weight excluding hydrogens is 645 g/mol. The van der Waals surface area contributed by atoms with E-state index >= 15 is 0 Å². The lowest BCUT2D eigenvalue weighted by Gasteiger charge is -2.26. The summed E-state index contributed by atoms with van der Waals surface area (Å²) in [6.45, 7) is 4.81. The van der Waals surface area contributed by atoms with E-state index in [0.29, 0.717) is 0 Å². The average Bonchev–Trinajstić information content (AvgIpc) is 3.69. The van der Waals surface area contributed by atoms with Crippen LogP contribution in [0.5, 0.6) is 0 Å². The third kappa shape index (κ3) is 4.09. The molecule has 11 rings (SSSR count). The van der Waals surface area contributed by atoms with Gasteiger partial charge in [0.05, 0.1) is 0 Å². The first kappa shape index (κ1) is 29.7. The van der Waals surface area contributed by atoms with E-state index in [1.54, 1.807) is 0 Å². The van der Waals surface area contributed by atoms with Crippen LogP contribution in [0.3, 0.4) is 0 Å². The predicted octanol–water partition coefficient (Wildman–Crippen LogP) is 14.8. The largest absolute Gasteiger partial charge is 0.135 e. The molecular formula is C51H34S. The van der Waals surface area contributed by atoms with Crippen molar-refractivity contribution in [1.82, 2.24) is 0 Å². The van der Waals surface area contributed by atoms with Crippen LogP contribution in [-0.4, -0.2) is 0 Å². The van der Waals surface area contributed by atoms with E-state index in [4.69, 9.17) is 0 Å². The molecule has 0 atom stereocenters. The zero-order valence-corrected chi connectivity index (χ0v) is 29.9. The van der Waals surface area contributed by atoms with Gasteiger partial charge in [-0.3, -0.25) is 0 Å². The lowest BCUT2D eigenvalue weighted by atomic mass is 9.77. The van der Waals surface area contributed by atoms with Gasteiger partial charge in [0.1, 0.15) is 0 Å². The number of benzene rings is 9.